The first-order valence-electron chi connectivity index (χ1n) is 7.88. The lowest BCUT2D eigenvalue weighted by Gasteiger charge is -2.60. The fraction of sp³-hybridized carbons (Fsp3) is 0.529. The van der Waals surface area contributed by atoms with Crippen molar-refractivity contribution in [2.45, 2.75) is 44.2 Å². The van der Waals surface area contributed by atoms with Crippen LogP contribution in [0, 0.1) is 5.41 Å². The van der Waals surface area contributed by atoms with E-state index < -0.39 is 0 Å². The largest absolute Gasteiger partial charge is 0.381 e. The Kier molecular flexibility index (Phi) is 3.42. The third-order valence-corrected chi connectivity index (χ3v) is 6.33. The molecule has 22 heavy (non-hydrogen) atoms. The van der Waals surface area contributed by atoms with Crippen LogP contribution < -0.4 is 5.32 Å². The number of fused-ring (bicyclic) bond motifs is 1. The van der Waals surface area contributed by atoms with E-state index in [4.69, 9.17) is 4.74 Å². The molecule has 5 heteroatoms. The molecule has 1 spiro atoms. The molecule has 1 aromatic carbocycles. The summed E-state index contributed by atoms with van der Waals surface area (Å²) < 4.78 is 11.1. The van der Waals surface area contributed by atoms with Gasteiger partial charge in [0, 0.05) is 24.0 Å². The highest BCUT2D eigenvalue weighted by Gasteiger charge is 2.59. The van der Waals surface area contributed by atoms with Gasteiger partial charge in [-0.25, -0.2) is 0 Å². The molecule has 1 N–H and O–H groups in total. The molecule has 2 aromatic rings. The van der Waals surface area contributed by atoms with Crippen LogP contribution in [-0.2, 0) is 16.0 Å². The number of carbonyl (C=O) groups excluding carboxylic acids is 1. The number of rotatable bonds is 4. The van der Waals surface area contributed by atoms with Crippen molar-refractivity contribution < 1.29 is 9.53 Å². The summed E-state index contributed by atoms with van der Waals surface area (Å²) in [5, 5.41) is 4.32. The lowest BCUT2D eigenvalue weighted by molar-refractivity contribution is -0.166. The molecule has 116 valence electrons. The van der Waals surface area contributed by atoms with Gasteiger partial charge in [-0.05, 0) is 36.9 Å². The minimum atomic E-state index is 0.0851. The lowest BCUT2D eigenvalue weighted by Crippen LogP contribution is -2.67. The molecule has 2 atom stereocenters. The summed E-state index contributed by atoms with van der Waals surface area (Å²) in [6.07, 6.45) is 5.25. The monoisotopic (exact) mass is 316 g/mol. The number of methoxy groups -OCH3 is 1. The zero-order valence-corrected chi connectivity index (χ0v) is 13.5. The number of hydrogen-bond acceptors (Lipinski definition) is 4. The van der Waals surface area contributed by atoms with Crippen molar-refractivity contribution in [1.29, 1.82) is 0 Å². The van der Waals surface area contributed by atoms with Gasteiger partial charge in [-0.3, -0.25) is 4.79 Å². The molecular weight excluding hydrogens is 296 g/mol. The number of nitrogens with one attached hydrogen (secondary N) is 1. The van der Waals surface area contributed by atoms with E-state index in [9.17, 15) is 4.79 Å². The van der Waals surface area contributed by atoms with Gasteiger partial charge < -0.3 is 10.1 Å². The molecule has 2 aliphatic carbocycles. The fourth-order valence-corrected chi connectivity index (χ4v) is 4.79. The highest BCUT2D eigenvalue weighted by molar-refractivity contribution is 7.13. The molecule has 2 aliphatic rings. The van der Waals surface area contributed by atoms with E-state index in [-0.39, 0.29) is 17.4 Å². The van der Waals surface area contributed by atoms with Crippen molar-refractivity contribution in [2.24, 2.45) is 5.41 Å². The van der Waals surface area contributed by atoms with Crippen LogP contribution in [0.25, 0.3) is 10.1 Å². The first-order valence-corrected chi connectivity index (χ1v) is 8.66. The van der Waals surface area contributed by atoms with Crippen molar-refractivity contribution in [1.82, 2.24) is 9.69 Å². The summed E-state index contributed by atoms with van der Waals surface area (Å²) in [6, 6.07) is 8.37. The molecule has 1 aromatic heterocycles. The van der Waals surface area contributed by atoms with Crippen molar-refractivity contribution in [3.63, 3.8) is 0 Å². The van der Waals surface area contributed by atoms with Crippen LogP contribution in [0.3, 0.4) is 0 Å². The van der Waals surface area contributed by atoms with E-state index in [1.807, 2.05) is 24.3 Å². The van der Waals surface area contributed by atoms with E-state index in [2.05, 4.69) is 9.69 Å². The maximum Gasteiger partial charge on any atom is 0.226 e. The normalized spacial score (nSPS) is 25.7. The van der Waals surface area contributed by atoms with Crippen LogP contribution >= 0.6 is 11.5 Å². The second kappa shape index (κ2) is 5.32. The van der Waals surface area contributed by atoms with Gasteiger partial charge in [0.15, 0.2) is 0 Å². The van der Waals surface area contributed by atoms with Gasteiger partial charge in [0.05, 0.1) is 22.9 Å². The topological polar surface area (TPSA) is 51.2 Å². The summed E-state index contributed by atoms with van der Waals surface area (Å²) in [5.74, 6) is 0.0851. The minimum absolute atomic E-state index is 0.0851. The van der Waals surface area contributed by atoms with Gasteiger partial charge in [0.1, 0.15) is 0 Å². The van der Waals surface area contributed by atoms with Crippen molar-refractivity contribution in [2.75, 3.05) is 7.11 Å². The van der Waals surface area contributed by atoms with Crippen LogP contribution in [0.2, 0.25) is 0 Å². The molecule has 0 aliphatic heterocycles. The SMILES string of the molecule is CO[C@@H]1C[C@H](NC(=O)Cc2nsc3ccccc23)C12CCC2. The summed E-state index contributed by atoms with van der Waals surface area (Å²) in [4.78, 5) is 12.4. The second-order valence-corrected chi connectivity index (χ2v) is 7.27. The molecule has 1 heterocycles. The van der Waals surface area contributed by atoms with E-state index >= 15 is 0 Å². The summed E-state index contributed by atoms with van der Waals surface area (Å²) >= 11 is 1.46. The number of amides is 1. The molecule has 1 amide bonds. The Morgan fingerprint density at radius 3 is 3.00 bits per heavy atom. The third-order valence-electron chi connectivity index (χ3n) is 5.47. The van der Waals surface area contributed by atoms with Crippen molar-refractivity contribution in [3.8, 4) is 0 Å². The first-order chi connectivity index (χ1) is 10.7. The van der Waals surface area contributed by atoms with Gasteiger partial charge in [-0.1, -0.05) is 24.6 Å². The third kappa shape index (κ3) is 2.07. The fourth-order valence-electron chi connectivity index (χ4n) is 4.00. The average Bonchev–Trinajstić information content (AvgIpc) is 2.85. The Balaban J connectivity index is 1.43. The maximum atomic E-state index is 12.4. The average molecular weight is 316 g/mol. The quantitative estimate of drug-likeness (QED) is 0.943. The van der Waals surface area contributed by atoms with E-state index in [0.29, 0.717) is 12.5 Å². The number of benzene rings is 1. The predicted octanol–water partition coefficient (Wildman–Crippen LogP) is 2.91. The molecular formula is C17H20N2O2S. The minimum Gasteiger partial charge on any atom is -0.381 e. The highest BCUT2D eigenvalue weighted by atomic mass is 32.1. The maximum absolute atomic E-state index is 12.4. The Labute approximate surface area is 134 Å². The molecule has 2 saturated carbocycles. The molecule has 4 nitrogen and oxygen atoms in total. The van der Waals surface area contributed by atoms with Gasteiger partial charge in [-0.15, -0.1) is 0 Å². The van der Waals surface area contributed by atoms with Crippen LogP contribution in [0.15, 0.2) is 24.3 Å². The number of carbonyl (C=O) groups is 1. The second-order valence-electron chi connectivity index (χ2n) is 6.47. The van der Waals surface area contributed by atoms with Gasteiger partial charge >= 0.3 is 0 Å². The van der Waals surface area contributed by atoms with E-state index in [1.54, 1.807) is 7.11 Å². The molecule has 0 radical (unpaired) electrons. The van der Waals surface area contributed by atoms with Crippen LogP contribution in [0.5, 0.6) is 0 Å². The van der Waals surface area contributed by atoms with Crippen LogP contribution in [0.1, 0.15) is 31.4 Å². The van der Waals surface area contributed by atoms with Gasteiger partial charge in [-0.2, -0.15) is 4.37 Å². The summed E-state index contributed by atoms with van der Waals surface area (Å²) in [5.41, 5.74) is 1.11. The Morgan fingerprint density at radius 2 is 2.27 bits per heavy atom. The van der Waals surface area contributed by atoms with Crippen molar-refractivity contribution in [3.05, 3.63) is 30.0 Å². The molecule has 2 fully saturated rings. The molecule has 0 unspecified atom stereocenters. The standard InChI is InChI=1S/C17H20N2O2S/c1-21-15-10-14(17(15)7-4-8-17)18-16(20)9-12-11-5-2-3-6-13(11)22-19-12/h2-3,5-6,14-15H,4,7-10H2,1H3,(H,18,20)/t14-,15+/m0/s1. The number of hydrogen-bond donors (Lipinski definition) is 1. The van der Waals surface area contributed by atoms with E-state index in [1.165, 1.54) is 30.8 Å². The molecule has 4 rings (SSSR count). The Hall–Kier alpha value is -1.46. The zero-order valence-electron chi connectivity index (χ0n) is 12.7. The highest BCUT2D eigenvalue weighted by Crippen LogP contribution is 2.57. The van der Waals surface area contributed by atoms with E-state index in [0.717, 1.165) is 22.2 Å². The predicted molar refractivity (Wildman–Crippen MR) is 87.0 cm³/mol. The Morgan fingerprint density at radius 1 is 1.45 bits per heavy atom. The smallest absolute Gasteiger partial charge is 0.226 e. The van der Waals surface area contributed by atoms with Crippen LogP contribution in [0.4, 0.5) is 0 Å². The number of nitrogens with zero attached hydrogens (tertiary/aromatic N) is 1. The lowest BCUT2D eigenvalue weighted by atomic mass is 9.51. The van der Waals surface area contributed by atoms with Crippen LogP contribution in [-0.4, -0.2) is 29.5 Å². The van der Waals surface area contributed by atoms with Gasteiger partial charge in [0.25, 0.3) is 0 Å². The molecule has 0 saturated heterocycles. The first kappa shape index (κ1) is 14.2. The zero-order chi connectivity index (χ0) is 15.2. The number of aromatic nitrogens is 1. The van der Waals surface area contributed by atoms with Crippen molar-refractivity contribution >= 4 is 27.5 Å². The molecule has 0 bridgehead atoms. The van der Waals surface area contributed by atoms with Gasteiger partial charge in [0.2, 0.25) is 5.91 Å². The summed E-state index contributed by atoms with van der Waals surface area (Å²) in [6.45, 7) is 0. The Bertz CT molecular complexity index is 708. The summed E-state index contributed by atoms with van der Waals surface area (Å²) in [7, 11) is 1.78. The number of ether oxygens (including phenoxy) is 1.